The van der Waals surface area contributed by atoms with Gasteiger partial charge in [0.15, 0.2) is 5.78 Å². The van der Waals surface area contributed by atoms with Crippen LogP contribution in [0.4, 0.5) is 0 Å². The van der Waals surface area contributed by atoms with Crippen LogP contribution in [0, 0.1) is 28.1 Å². The summed E-state index contributed by atoms with van der Waals surface area (Å²) in [7, 11) is 0. The summed E-state index contributed by atoms with van der Waals surface area (Å²) in [6, 6.07) is 2.28. The van der Waals surface area contributed by atoms with Gasteiger partial charge in [-0.3, -0.25) is 4.79 Å². The summed E-state index contributed by atoms with van der Waals surface area (Å²) in [5.41, 5.74) is 1.14. The molecule has 5 nitrogen and oxygen atoms in total. The zero-order chi connectivity index (χ0) is 19.8. The monoisotopic (exact) mass is 367 g/mol. The first-order chi connectivity index (χ1) is 12.5. The van der Waals surface area contributed by atoms with E-state index < -0.39 is 11.3 Å². The number of hydrogen-bond donors (Lipinski definition) is 0. The highest BCUT2D eigenvalue weighted by molar-refractivity contribution is 5.94. The smallest absolute Gasteiger partial charge is 0.220 e. The summed E-state index contributed by atoms with van der Waals surface area (Å²) in [4.78, 5) is 22.8. The van der Waals surface area contributed by atoms with Crippen molar-refractivity contribution in [3.05, 3.63) is 17.1 Å². The molecule has 5 heteroatoms. The molecule has 2 unspecified atom stereocenters. The molecule has 3 aliphatic carbocycles. The number of Topliss-reactive ketones (excluding diaryl/α,β-unsaturated/α-hetero) is 1. The summed E-state index contributed by atoms with van der Waals surface area (Å²) >= 11 is 0. The molecule has 1 spiro atoms. The van der Waals surface area contributed by atoms with Gasteiger partial charge in [0.1, 0.15) is 11.7 Å². The fourth-order valence-corrected chi connectivity index (χ4v) is 5.91. The Hall–Kier alpha value is -1.96. The number of carbonyl (C=O) groups is 1. The van der Waals surface area contributed by atoms with Crippen LogP contribution in [0.2, 0.25) is 0 Å². The number of nitrogens with zero attached hydrogens (tertiary/aromatic N) is 3. The maximum Gasteiger partial charge on any atom is 0.220 e. The molecule has 2 fully saturated rings. The van der Waals surface area contributed by atoms with Gasteiger partial charge in [-0.05, 0) is 38.0 Å². The Morgan fingerprint density at radius 2 is 1.96 bits per heavy atom. The highest BCUT2D eigenvalue weighted by Crippen LogP contribution is 2.80. The first-order valence-electron chi connectivity index (χ1n) is 10.0. The second-order valence-electron chi connectivity index (χ2n) is 10.0. The van der Waals surface area contributed by atoms with E-state index in [1.54, 1.807) is 0 Å². The Bertz CT molecular complexity index is 881. The molecule has 0 radical (unpaired) electrons. The molecular formula is C22H29N3O2. The Labute approximate surface area is 161 Å². The van der Waals surface area contributed by atoms with Gasteiger partial charge in [0.05, 0.1) is 18.4 Å². The molecule has 0 aliphatic heterocycles. The molecule has 2 saturated carbocycles. The van der Waals surface area contributed by atoms with Gasteiger partial charge in [0.25, 0.3) is 0 Å². The zero-order valence-electron chi connectivity index (χ0n) is 17.3. The van der Waals surface area contributed by atoms with Crippen molar-refractivity contribution >= 4 is 5.78 Å². The lowest BCUT2D eigenvalue weighted by atomic mass is 9.53. The molecule has 144 valence electrons. The molecule has 0 bridgehead atoms. The van der Waals surface area contributed by atoms with Crippen LogP contribution in [0.25, 0.3) is 0 Å². The number of ether oxygens (including phenoxy) is 1. The summed E-state index contributed by atoms with van der Waals surface area (Å²) in [6.07, 6.45) is 3.20. The maximum absolute atomic E-state index is 12.9. The highest BCUT2D eigenvalue weighted by atomic mass is 16.5. The fourth-order valence-electron chi connectivity index (χ4n) is 5.91. The van der Waals surface area contributed by atoms with Crippen molar-refractivity contribution in [2.75, 3.05) is 6.61 Å². The van der Waals surface area contributed by atoms with Gasteiger partial charge in [-0.1, -0.05) is 34.6 Å². The van der Waals surface area contributed by atoms with E-state index in [2.05, 4.69) is 40.7 Å². The first-order valence-corrected chi connectivity index (χ1v) is 10.0. The van der Waals surface area contributed by atoms with Crippen LogP contribution in [0.15, 0.2) is 0 Å². The molecule has 0 amide bonds. The quantitative estimate of drug-likeness (QED) is 0.793. The van der Waals surface area contributed by atoms with Gasteiger partial charge in [-0.2, -0.15) is 10.2 Å². The van der Waals surface area contributed by atoms with E-state index in [0.29, 0.717) is 18.9 Å². The van der Waals surface area contributed by atoms with Crippen LogP contribution in [-0.4, -0.2) is 22.4 Å². The molecular weight excluding hydrogens is 338 g/mol. The number of aromatic nitrogens is 2. The van der Waals surface area contributed by atoms with Crippen molar-refractivity contribution < 1.29 is 9.53 Å². The minimum absolute atomic E-state index is 0.0789. The maximum atomic E-state index is 12.9. The van der Waals surface area contributed by atoms with Crippen molar-refractivity contribution in [3.8, 4) is 11.9 Å². The van der Waals surface area contributed by atoms with E-state index in [9.17, 15) is 10.1 Å². The number of nitriles is 1. The van der Waals surface area contributed by atoms with E-state index >= 15 is 0 Å². The molecule has 27 heavy (non-hydrogen) atoms. The van der Waals surface area contributed by atoms with Gasteiger partial charge in [-0.15, -0.1) is 0 Å². The van der Waals surface area contributed by atoms with E-state index in [0.717, 1.165) is 36.3 Å². The van der Waals surface area contributed by atoms with E-state index in [1.165, 1.54) is 0 Å². The Morgan fingerprint density at radius 3 is 2.56 bits per heavy atom. The number of rotatable bonds is 2. The average Bonchev–Trinajstić information content (AvgIpc) is 3.23. The average molecular weight is 367 g/mol. The fraction of sp³-hybridized carbons (Fsp3) is 0.727. The van der Waals surface area contributed by atoms with Crippen LogP contribution in [0.5, 0.6) is 5.88 Å². The Balaban J connectivity index is 1.95. The molecule has 1 heterocycles. The van der Waals surface area contributed by atoms with Crippen LogP contribution >= 0.6 is 0 Å². The van der Waals surface area contributed by atoms with Crippen molar-refractivity contribution in [2.24, 2.45) is 16.7 Å². The largest absolute Gasteiger partial charge is 0.478 e. The zero-order valence-corrected chi connectivity index (χ0v) is 17.3. The molecule has 0 aromatic carbocycles. The lowest BCUT2D eigenvalue weighted by molar-refractivity contribution is -0.132. The Kier molecular flexibility index (Phi) is 3.62. The molecule has 4 rings (SSSR count). The lowest BCUT2D eigenvalue weighted by Gasteiger charge is -2.49. The van der Waals surface area contributed by atoms with Gasteiger partial charge in [0, 0.05) is 21.8 Å². The van der Waals surface area contributed by atoms with Crippen molar-refractivity contribution in [3.63, 3.8) is 0 Å². The molecule has 0 saturated heterocycles. The molecule has 4 atom stereocenters. The van der Waals surface area contributed by atoms with E-state index in [-0.39, 0.29) is 22.0 Å². The number of carbonyl (C=O) groups excluding carboxylic acids is 1. The third kappa shape index (κ3) is 2.13. The molecule has 1 aromatic heterocycles. The lowest BCUT2D eigenvalue weighted by Crippen LogP contribution is -2.51. The predicted octanol–water partition coefficient (Wildman–Crippen LogP) is 3.89. The summed E-state index contributed by atoms with van der Waals surface area (Å²) < 4.78 is 5.93. The SMILES string of the molecule is CCOc1nc(C(C)(C)C)nc2c1CC[C@@]13CC1(C)C(=O)C(C#N)C[C@]23C. The Morgan fingerprint density at radius 1 is 1.26 bits per heavy atom. The van der Waals surface area contributed by atoms with E-state index in [1.807, 2.05) is 6.92 Å². The highest BCUT2D eigenvalue weighted by Gasteiger charge is 2.80. The number of hydrogen-bond acceptors (Lipinski definition) is 5. The van der Waals surface area contributed by atoms with Gasteiger partial charge in [-0.25, -0.2) is 4.98 Å². The summed E-state index contributed by atoms with van der Waals surface area (Å²) in [5, 5.41) is 9.66. The van der Waals surface area contributed by atoms with Crippen LogP contribution < -0.4 is 4.74 Å². The third-order valence-electron chi connectivity index (χ3n) is 7.52. The topological polar surface area (TPSA) is 75.9 Å². The van der Waals surface area contributed by atoms with Crippen LogP contribution in [-0.2, 0) is 22.0 Å². The molecule has 0 N–H and O–H groups in total. The van der Waals surface area contributed by atoms with Crippen LogP contribution in [0.1, 0.15) is 77.9 Å². The minimum Gasteiger partial charge on any atom is -0.478 e. The van der Waals surface area contributed by atoms with Gasteiger partial charge < -0.3 is 4.74 Å². The summed E-state index contributed by atoms with van der Waals surface area (Å²) in [5.74, 6) is 1.05. The summed E-state index contributed by atoms with van der Waals surface area (Å²) in [6.45, 7) is 13.1. The minimum atomic E-state index is -0.551. The van der Waals surface area contributed by atoms with Gasteiger partial charge in [0.2, 0.25) is 5.88 Å². The van der Waals surface area contributed by atoms with Crippen LogP contribution in [0.3, 0.4) is 0 Å². The predicted molar refractivity (Wildman–Crippen MR) is 101 cm³/mol. The number of ketones is 1. The normalized spacial score (nSPS) is 36.9. The van der Waals surface area contributed by atoms with E-state index in [4.69, 9.17) is 14.7 Å². The second kappa shape index (κ2) is 5.31. The standard InChI is InChI=1S/C22H29N3O2/c1-7-27-17-14-8-9-22-12-21(22,6)16(26)13(11-23)10-20(22,5)15(14)24-18(25-17)19(2,3)4/h13H,7-10,12H2,1-6H3/t13?,20-,21?,22+/m1/s1. The first kappa shape index (κ1) is 18.4. The van der Waals surface area contributed by atoms with Gasteiger partial charge >= 0.3 is 0 Å². The molecule has 1 aromatic rings. The number of fused-ring (bicyclic) bond motifs is 2. The van der Waals surface area contributed by atoms with Crippen molar-refractivity contribution in [2.45, 2.75) is 78.1 Å². The molecule has 3 aliphatic rings. The second-order valence-corrected chi connectivity index (χ2v) is 10.0. The third-order valence-corrected chi connectivity index (χ3v) is 7.52. The van der Waals surface area contributed by atoms with Crippen molar-refractivity contribution in [1.29, 1.82) is 5.26 Å². The van der Waals surface area contributed by atoms with Crippen molar-refractivity contribution in [1.82, 2.24) is 9.97 Å².